The van der Waals surface area contributed by atoms with Gasteiger partial charge in [-0.15, -0.1) is 0 Å². The van der Waals surface area contributed by atoms with Crippen LogP contribution in [0.15, 0.2) is 27.6 Å². The summed E-state index contributed by atoms with van der Waals surface area (Å²) in [5, 5.41) is 3.65. The Bertz CT molecular complexity index is 868. The molecule has 1 amide bonds. The predicted octanol–water partition coefficient (Wildman–Crippen LogP) is 1.45. The van der Waals surface area contributed by atoms with Crippen LogP contribution in [0.3, 0.4) is 0 Å². The van der Waals surface area contributed by atoms with Gasteiger partial charge in [-0.2, -0.15) is 0 Å². The van der Waals surface area contributed by atoms with Crippen LogP contribution in [0.25, 0.3) is 0 Å². The van der Waals surface area contributed by atoms with Crippen LogP contribution in [-0.4, -0.2) is 33.1 Å². The molecule has 0 radical (unpaired) electrons. The van der Waals surface area contributed by atoms with Gasteiger partial charge in [0, 0.05) is 7.05 Å². The molecule has 2 heterocycles. The van der Waals surface area contributed by atoms with Crippen LogP contribution in [0.4, 0.5) is 11.4 Å². The lowest BCUT2D eigenvalue weighted by Gasteiger charge is -2.26. The van der Waals surface area contributed by atoms with E-state index < -0.39 is 10.0 Å². The SMILES string of the molecule is Cc1noc(C)c1S(=O)(=O)Nc1ccc2c(c1)N(C)C(=O)CO2. The number of anilines is 2. The number of fused-ring (bicyclic) bond motifs is 1. The number of likely N-dealkylation sites (N-methyl/N-ethyl adjacent to an activating group) is 1. The van der Waals surface area contributed by atoms with Crippen molar-refractivity contribution in [3.63, 3.8) is 0 Å². The number of ether oxygens (including phenoxy) is 1. The molecule has 9 heteroatoms. The summed E-state index contributed by atoms with van der Waals surface area (Å²) in [5.41, 5.74) is 1.10. The highest BCUT2D eigenvalue weighted by Gasteiger charge is 2.26. The van der Waals surface area contributed by atoms with E-state index in [2.05, 4.69) is 9.88 Å². The normalized spacial score (nSPS) is 14.4. The molecule has 0 atom stereocenters. The van der Waals surface area contributed by atoms with Gasteiger partial charge in [-0.25, -0.2) is 8.42 Å². The number of hydrogen-bond donors (Lipinski definition) is 1. The number of aryl methyl sites for hydroxylation is 2. The first-order valence-corrected chi connectivity index (χ1v) is 8.27. The Morgan fingerprint density at radius 3 is 2.70 bits per heavy atom. The van der Waals surface area contributed by atoms with Gasteiger partial charge in [0.05, 0.1) is 11.4 Å². The smallest absolute Gasteiger partial charge is 0.267 e. The number of hydrogen-bond acceptors (Lipinski definition) is 6. The van der Waals surface area contributed by atoms with Gasteiger partial charge in [-0.1, -0.05) is 5.16 Å². The Hall–Kier alpha value is -2.55. The molecule has 1 aromatic heterocycles. The van der Waals surface area contributed by atoms with Gasteiger partial charge < -0.3 is 14.2 Å². The van der Waals surface area contributed by atoms with Crippen molar-refractivity contribution >= 4 is 27.3 Å². The van der Waals surface area contributed by atoms with Crippen LogP contribution in [-0.2, 0) is 14.8 Å². The van der Waals surface area contributed by atoms with Gasteiger partial charge in [0.25, 0.3) is 15.9 Å². The molecule has 3 rings (SSSR count). The molecule has 23 heavy (non-hydrogen) atoms. The van der Waals surface area contributed by atoms with E-state index >= 15 is 0 Å². The van der Waals surface area contributed by atoms with E-state index in [1.54, 1.807) is 32.2 Å². The van der Waals surface area contributed by atoms with Crippen molar-refractivity contribution in [2.24, 2.45) is 0 Å². The third-order valence-electron chi connectivity index (χ3n) is 3.53. The lowest BCUT2D eigenvalue weighted by Crippen LogP contribution is -2.35. The number of carbonyl (C=O) groups excluding carboxylic acids is 1. The molecule has 8 nitrogen and oxygen atoms in total. The first kappa shape index (κ1) is 15.3. The Morgan fingerprint density at radius 2 is 2.04 bits per heavy atom. The summed E-state index contributed by atoms with van der Waals surface area (Å²) in [7, 11) is -2.23. The molecule has 0 saturated carbocycles. The summed E-state index contributed by atoms with van der Waals surface area (Å²) >= 11 is 0. The Morgan fingerprint density at radius 1 is 1.30 bits per heavy atom. The number of carbonyl (C=O) groups is 1. The van der Waals surface area contributed by atoms with Crippen LogP contribution < -0.4 is 14.4 Å². The summed E-state index contributed by atoms with van der Waals surface area (Å²) < 4.78 is 37.7. The van der Waals surface area contributed by atoms with Crippen molar-refractivity contribution in [1.29, 1.82) is 0 Å². The quantitative estimate of drug-likeness (QED) is 0.909. The minimum atomic E-state index is -3.84. The van der Waals surface area contributed by atoms with E-state index in [9.17, 15) is 13.2 Å². The van der Waals surface area contributed by atoms with Crippen LogP contribution in [0.5, 0.6) is 5.75 Å². The van der Waals surface area contributed by atoms with Crippen LogP contribution in [0, 0.1) is 13.8 Å². The zero-order chi connectivity index (χ0) is 16.8. The average Bonchev–Trinajstić information content (AvgIpc) is 2.83. The van der Waals surface area contributed by atoms with E-state index in [1.807, 2.05) is 0 Å². The highest BCUT2D eigenvalue weighted by molar-refractivity contribution is 7.92. The molecule has 0 fully saturated rings. The Kier molecular flexibility index (Phi) is 3.52. The molecule has 0 saturated heterocycles. The van der Waals surface area contributed by atoms with Crippen molar-refractivity contribution in [2.75, 3.05) is 23.3 Å². The third-order valence-corrected chi connectivity index (χ3v) is 5.16. The van der Waals surface area contributed by atoms with Crippen molar-refractivity contribution in [3.05, 3.63) is 29.7 Å². The number of amides is 1. The molecule has 2 aromatic rings. The van der Waals surface area contributed by atoms with Gasteiger partial charge in [0.2, 0.25) is 0 Å². The number of sulfonamides is 1. The molecule has 1 aliphatic heterocycles. The first-order valence-electron chi connectivity index (χ1n) is 6.78. The van der Waals surface area contributed by atoms with Crippen molar-refractivity contribution in [2.45, 2.75) is 18.7 Å². The number of nitrogens with one attached hydrogen (secondary N) is 1. The van der Waals surface area contributed by atoms with Gasteiger partial charge in [-0.3, -0.25) is 9.52 Å². The monoisotopic (exact) mass is 337 g/mol. The molecule has 0 aliphatic carbocycles. The number of nitrogens with zero attached hydrogens (tertiary/aromatic N) is 2. The fraction of sp³-hybridized carbons (Fsp3) is 0.286. The minimum absolute atomic E-state index is 0.0101. The molecule has 0 spiro atoms. The molecule has 1 aliphatic rings. The summed E-state index contributed by atoms with van der Waals surface area (Å²) in [6.45, 7) is 3.05. The van der Waals surface area contributed by atoms with Crippen LogP contribution in [0.1, 0.15) is 11.5 Å². The second-order valence-electron chi connectivity index (χ2n) is 5.18. The zero-order valence-electron chi connectivity index (χ0n) is 12.8. The molecule has 0 unspecified atom stereocenters. The fourth-order valence-corrected chi connectivity index (χ4v) is 3.78. The predicted molar refractivity (Wildman–Crippen MR) is 82.1 cm³/mol. The zero-order valence-corrected chi connectivity index (χ0v) is 13.6. The maximum atomic E-state index is 12.5. The third kappa shape index (κ3) is 2.63. The summed E-state index contributed by atoms with van der Waals surface area (Å²) in [5.74, 6) is 0.527. The average molecular weight is 337 g/mol. The molecule has 1 N–H and O–H groups in total. The summed E-state index contributed by atoms with van der Waals surface area (Å²) in [6.07, 6.45) is 0. The summed E-state index contributed by atoms with van der Waals surface area (Å²) in [6, 6.07) is 4.73. The second kappa shape index (κ2) is 5.27. The van der Waals surface area contributed by atoms with E-state index in [1.165, 1.54) is 11.8 Å². The summed E-state index contributed by atoms with van der Waals surface area (Å²) in [4.78, 5) is 13.1. The molecular formula is C14H15N3O5S. The van der Waals surface area contributed by atoms with Crippen LogP contribution >= 0.6 is 0 Å². The van der Waals surface area contributed by atoms with Gasteiger partial charge in [0.15, 0.2) is 17.3 Å². The van der Waals surface area contributed by atoms with E-state index in [0.717, 1.165) is 0 Å². The Labute approximate surface area is 133 Å². The maximum Gasteiger partial charge on any atom is 0.267 e. The topological polar surface area (TPSA) is 102 Å². The number of benzene rings is 1. The first-order chi connectivity index (χ1) is 10.8. The van der Waals surface area contributed by atoms with E-state index in [0.29, 0.717) is 17.1 Å². The number of rotatable bonds is 3. The lowest BCUT2D eigenvalue weighted by atomic mass is 10.2. The second-order valence-corrected chi connectivity index (χ2v) is 6.80. The standard InChI is InChI=1S/C14H15N3O5S/c1-8-14(9(2)22-15-8)23(19,20)16-10-4-5-12-11(6-10)17(3)13(18)7-21-12/h4-6,16H,7H2,1-3H3. The van der Waals surface area contributed by atoms with Crippen molar-refractivity contribution in [3.8, 4) is 5.75 Å². The maximum absolute atomic E-state index is 12.5. The highest BCUT2D eigenvalue weighted by atomic mass is 32.2. The van der Waals surface area contributed by atoms with Crippen molar-refractivity contribution < 1.29 is 22.5 Å². The number of aromatic nitrogens is 1. The van der Waals surface area contributed by atoms with E-state index in [4.69, 9.17) is 9.26 Å². The van der Waals surface area contributed by atoms with Crippen molar-refractivity contribution in [1.82, 2.24) is 5.16 Å². The molecule has 122 valence electrons. The molecule has 1 aromatic carbocycles. The van der Waals surface area contributed by atoms with Gasteiger partial charge >= 0.3 is 0 Å². The largest absolute Gasteiger partial charge is 0.482 e. The molecular weight excluding hydrogens is 322 g/mol. The van der Waals surface area contributed by atoms with Crippen LogP contribution in [0.2, 0.25) is 0 Å². The fourth-order valence-electron chi connectivity index (χ4n) is 2.40. The molecule has 0 bridgehead atoms. The highest BCUT2D eigenvalue weighted by Crippen LogP contribution is 2.34. The minimum Gasteiger partial charge on any atom is -0.482 e. The Balaban J connectivity index is 1.97. The van der Waals surface area contributed by atoms with Gasteiger partial charge in [0.1, 0.15) is 11.4 Å². The lowest BCUT2D eigenvalue weighted by molar-refractivity contribution is -0.120. The van der Waals surface area contributed by atoms with E-state index in [-0.39, 0.29) is 28.9 Å². The van der Waals surface area contributed by atoms with Gasteiger partial charge in [-0.05, 0) is 32.0 Å².